The number of allylic oxidation sites excluding steroid dienone is 7. The first kappa shape index (κ1) is 51.8. The first-order chi connectivity index (χ1) is 26.4. The molecule has 0 saturated heterocycles. The molecule has 3 atom stereocenters. The van der Waals surface area contributed by atoms with Crippen LogP contribution in [0.4, 0.5) is 0 Å². The van der Waals surface area contributed by atoms with Gasteiger partial charge in [-0.15, -0.1) is 0 Å². The number of aliphatic hydroxyl groups excluding tert-OH is 2. The van der Waals surface area contributed by atoms with Gasteiger partial charge in [0.1, 0.15) is 6.61 Å². The van der Waals surface area contributed by atoms with E-state index in [1.54, 1.807) is 0 Å². The van der Waals surface area contributed by atoms with Gasteiger partial charge in [-0.3, -0.25) is 9.59 Å². The smallest absolute Gasteiger partial charge is 0.306 e. The van der Waals surface area contributed by atoms with Crippen LogP contribution in [0.5, 0.6) is 0 Å². The van der Waals surface area contributed by atoms with Crippen molar-refractivity contribution >= 4 is 11.9 Å². The largest absolute Gasteiger partial charge is 0.462 e. The van der Waals surface area contributed by atoms with Crippen molar-refractivity contribution in [3.8, 4) is 0 Å². The molecule has 0 amide bonds. The highest BCUT2D eigenvalue weighted by Gasteiger charge is 2.16. The van der Waals surface area contributed by atoms with Crippen LogP contribution in [-0.4, -0.2) is 47.6 Å². The van der Waals surface area contributed by atoms with Crippen LogP contribution in [0, 0.1) is 5.92 Å². The van der Waals surface area contributed by atoms with E-state index in [0.717, 1.165) is 63.7 Å². The molecule has 2 N–H and O–H groups in total. The summed E-state index contributed by atoms with van der Waals surface area (Å²) < 4.78 is 10.6. The van der Waals surface area contributed by atoms with E-state index in [2.05, 4.69) is 51.2 Å². The Morgan fingerprint density at radius 1 is 0.574 bits per heavy atom. The van der Waals surface area contributed by atoms with Crippen molar-refractivity contribution in [1.82, 2.24) is 0 Å². The fourth-order valence-electron chi connectivity index (χ4n) is 6.40. The summed E-state index contributed by atoms with van der Waals surface area (Å²) in [5.41, 5.74) is 0. The van der Waals surface area contributed by atoms with Crippen LogP contribution >= 0.6 is 0 Å². The monoisotopic (exact) mass is 759 g/mol. The third-order valence-electron chi connectivity index (χ3n) is 10.3. The van der Waals surface area contributed by atoms with Gasteiger partial charge in [0.05, 0.1) is 12.7 Å². The molecule has 0 aromatic rings. The molecule has 0 heterocycles. The molecule has 0 aliphatic heterocycles. The van der Waals surface area contributed by atoms with Gasteiger partial charge < -0.3 is 19.7 Å². The molecule has 0 fully saturated rings. The lowest BCUT2D eigenvalue weighted by Crippen LogP contribution is -2.28. The van der Waals surface area contributed by atoms with Crippen LogP contribution in [0.1, 0.15) is 213 Å². The minimum Gasteiger partial charge on any atom is -0.462 e. The fourth-order valence-corrected chi connectivity index (χ4v) is 6.40. The maximum Gasteiger partial charge on any atom is 0.306 e. The van der Waals surface area contributed by atoms with Crippen molar-refractivity contribution in [2.24, 2.45) is 5.92 Å². The van der Waals surface area contributed by atoms with Crippen LogP contribution in [0.15, 0.2) is 48.6 Å². The quantitative estimate of drug-likeness (QED) is 0.0280. The van der Waals surface area contributed by atoms with E-state index in [1.165, 1.54) is 116 Å². The summed E-state index contributed by atoms with van der Waals surface area (Å²) in [6, 6.07) is 0. The lowest BCUT2D eigenvalue weighted by Gasteiger charge is -2.15. The molecular weight excluding hydrogens is 673 g/mol. The highest BCUT2D eigenvalue weighted by atomic mass is 16.6. The van der Waals surface area contributed by atoms with E-state index in [4.69, 9.17) is 9.47 Å². The highest BCUT2D eigenvalue weighted by Crippen LogP contribution is 2.17. The van der Waals surface area contributed by atoms with Gasteiger partial charge in [0.2, 0.25) is 0 Å². The number of unbranched alkanes of at least 4 members (excludes halogenated alkanes) is 20. The van der Waals surface area contributed by atoms with Crippen LogP contribution < -0.4 is 0 Å². The minimum absolute atomic E-state index is 0.107. The lowest BCUT2D eigenvalue weighted by molar-refractivity contribution is -0.161. The number of esters is 2. The Labute approximate surface area is 333 Å². The molecule has 0 spiro atoms. The summed E-state index contributed by atoms with van der Waals surface area (Å²) in [4.78, 5) is 24.3. The zero-order valence-corrected chi connectivity index (χ0v) is 35.5. The SMILES string of the molecule is CCCCC[C@@H](O)/C=C/C=C\C/C=C\C/C=C\CCCC(=O)OC[C@H](CO)OC(=O)CCCCCCCCCCCCCCCCCCCCC(C)CC. The molecule has 0 aliphatic rings. The van der Waals surface area contributed by atoms with Crippen molar-refractivity contribution in [3.63, 3.8) is 0 Å². The van der Waals surface area contributed by atoms with Crippen LogP contribution in [0.2, 0.25) is 0 Å². The number of aliphatic hydroxyl groups is 2. The topological polar surface area (TPSA) is 93.1 Å². The zero-order chi connectivity index (χ0) is 39.6. The third kappa shape index (κ3) is 39.5. The van der Waals surface area contributed by atoms with E-state index in [-0.39, 0.29) is 37.7 Å². The van der Waals surface area contributed by atoms with Gasteiger partial charge in [-0.25, -0.2) is 0 Å². The van der Waals surface area contributed by atoms with Crippen molar-refractivity contribution in [1.29, 1.82) is 0 Å². The predicted molar refractivity (Wildman–Crippen MR) is 230 cm³/mol. The molecule has 0 aliphatic carbocycles. The van der Waals surface area contributed by atoms with Gasteiger partial charge in [0, 0.05) is 12.8 Å². The standard InChI is InChI=1S/C48H86O6/c1-4-6-32-38-45(50)39-34-29-25-21-17-15-19-22-26-30-35-40-47(51)53-43-46(42-49)54-48(52)41-36-31-27-23-18-14-12-10-8-7-9-11-13-16-20-24-28-33-37-44(3)5-2/h15,17,22,25-26,29,34,39,44-46,49-50H,4-14,16,18-21,23-24,27-28,30-33,35-38,40-43H2,1-3H3/b17-15-,26-22-,29-25-,39-34+/t44?,45-,46+/m1/s1. The van der Waals surface area contributed by atoms with Gasteiger partial charge in [-0.1, -0.05) is 211 Å². The first-order valence-electron chi connectivity index (χ1n) is 22.7. The van der Waals surface area contributed by atoms with Crippen molar-refractivity contribution in [3.05, 3.63) is 48.6 Å². The third-order valence-corrected chi connectivity index (χ3v) is 10.3. The molecule has 0 radical (unpaired) electrons. The molecule has 0 bridgehead atoms. The number of carbonyl (C=O) groups excluding carboxylic acids is 2. The van der Waals surface area contributed by atoms with E-state index in [0.29, 0.717) is 12.8 Å². The fraction of sp³-hybridized carbons (Fsp3) is 0.792. The Morgan fingerprint density at radius 2 is 1.07 bits per heavy atom. The molecule has 0 aromatic carbocycles. The molecule has 1 unspecified atom stereocenters. The second-order valence-electron chi connectivity index (χ2n) is 15.6. The molecule has 54 heavy (non-hydrogen) atoms. The average Bonchev–Trinajstić information content (AvgIpc) is 3.17. The van der Waals surface area contributed by atoms with E-state index in [9.17, 15) is 19.8 Å². The van der Waals surface area contributed by atoms with Gasteiger partial charge in [0.15, 0.2) is 6.10 Å². The van der Waals surface area contributed by atoms with Crippen LogP contribution in [0.3, 0.4) is 0 Å². The van der Waals surface area contributed by atoms with Gasteiger partial charge in [-0.2, -0.15) is 0 Å². The normalized spacial score (nSPS) is 13.8. The zero-order valence-electron chi connectivity index (χ0n) is 35.5. The second kappa shape index (κ2) is 42.0. The Hall–Kier alpha value is -2.18. The number of ether oxygens (including phenoxy) is 2. The van der Waals surface area contributed by atoms with E-state index < -0.39 is 6.10 Å². The van der Waals surface area contributed by atoms with Crippen molar-refractivity contribution < 1.29 is 29.3 Å². The van der Waals surface area contributed by atoms with Crippen LogP contribution in [0.25, 0.3) is 0 Å². The minimum atomic E-state index is -0.805. The molecule has 6 nitrogen and oxygen atoms in total. The molecular formula is C48H86O6. The Bertz CT molecular complexity index is 937. The van der Waals surface area contributed by atoms with Gasteiger partial charge in [0.25, 0.3) is 0 Å². The van der Waals surface area contributed by atoms with Crippen LogP contribution in [-0.2, 0) is 19.1 Å². The Kier molecular flexibility index (Phi) is 40.3. The summed E-state index contributed by atoms with van der Waals surface area (Å²) in [6.07, 6.45) is 49.4. The van der Waals surface area contributed by atoms with E-state index in [1.807, 2.05) is 18.2 Å². The maximum absolute atomic E-state index is 12.2. The number of carbonyl (C=O) groups is 2. The number of hydrogen-bond acceptors (Lipinski definition) is 6. The Balaban J connectivity index is 3.62. The summed E-state index contributed by atoms with van der Waals surface area (Å²) in [6.45, 7) is 6.38. The number of rotatable bonds is 40. The maximum atomic E-state index is 12.2. The highest BCUT2D eigenvalue weighted by molar-refractivity contribution is 5.70. The number of hydrogen-bond donors (Lipinski definition) is 2. The second-order valence-corrected chi connectivity index (χ2v) is 15.6. The summed E-state index contributed by atoms with van der Waals surface area (Å²) in [7, 11) is 0. The molecule has 314 valence electrons. The first-order valence-corrected chi connectivity index (χ1v) is 22.7. The summed E-state index contributed by atoms with van der Waals surface area (Å²) in [5, 5.41) is 19.4. The van der Waals surface area contributed by atoms with E-state index >= 15 is 0 Å². The average molecular weight is 759 g/mol. The molecule has 0 aromatic heterocycles. The summed E-state index contributed by atoms with van der Waals surface area (Å²) in [5.74, 6) is 0.232. The molecule has 0 saturated carbocycles. The van der Waals surface area contributed by atoms with Gasteiger partial charge >= 0.3 is 11.9 Å². The molecule has 0 rings (SSSR count). The lowest BCUT2D eigenvalue weighted by atomic mass is 9.99. The molecule has 6 heteroatoms. The summed E-state index contributed by atoms with van der Waals surface area (Å²) >= 11 is 0. The van der Waals surface area contributed by atoms with Crippen molar-refractivity contribution in [2.75, 3.05) is 13.2 Å². The predicted octanol–water partition coefficient (Wildman–Crippen LogP) is 13.4. The Morgan fingerprint density at radius 3 is 1.63 bits per heavy atom. The van der Waals surface area contributed by atoms with Gasteiger partial charge in [-0.05, 0) is 44.4 Å². The van der Waals surface area contributed by atoms with Crippen molar-refractivity contribution in [2.45, 2.75) is 226 Å².